The number of carbonyl (C=O) groups is 1. The molecule has 0 fully saturated rings. The molecule has 0 spiro atoms. The topological polar surface area (TPSA) is 82.5 Å². The number of pyridine rings is 1. The molecule has 0 amide bonds. The lowest BCUT2D eigenvalue weighted by molar-refractivity contribution is -0.159. The summed E-state index contributed by atoms with van der Waals surface area (Å²) in [5.41, 5.74) is 0.703. The summed E-state index contributed by atoms with van der Waals surface area (Å²) in [7, 11) is 0. The standard InChI is InChI=1S/C13H9F3N4O3/c1-2-22-11(21)8-6-20-4-3-7(5-9(20)17-8)10-18-12(23-19-10)13(14,15)16/h3-6H,2H2,1H3. The van der Waals surface area contributed by atoms with Gasteiger partial charge >= 0.3 is 18.0 Å². The number of hydrogen-bond donors (Lipinski definition) is 0. The molecule has 120 valence electrons. The van der Waals surface area contributed by atoms with Crippen LogP contribution >= 0.6 is 0 Å². The third-order valence-electron chi connectivity index (χ3n) is 2.87. The molecular weight excluding hydrogens is 317 g/mol. The number of alkyl halides is 3. The molecule has 0 saturated carbocycles. The zero-order chi connectivity index (χ0) is 16.6. The molecule has 0 N–H and O–H groups in total. The molecule has 0 bridgehead atoms. The zero-order valence-electron chi connectivity index (χ0n) is 11.7. The van der Waals surface area contributed by atoms with Gasteiger partial charge in [0.05, 0.1) is 6.61 Å². The molecule has 0 atom stereocenters. The molecule has 10 heteroatoms. The Bertz CT molecular complexity index is 869. The van der Waals surface area contributed by atoms with Crippen LogP contribution in [0.25, 0.3) is 17.0 Å². The van der Waals surface area contributed by atoms with Gasteiger partial charge in [0.2, 0.25) is 5.82 Å². The summed E-state index contributed by atoms with van der Waals surface area (Å²) < 4.78 is 48.0. The number of ether oxygens (including phenoxy) is 1. The third-order valence-corrected chi connectivity index (χ3v) is 2.87. The van der Waals surface area contributed by atoms with Gasteiger partial charge in [-0.1, -0.05) is 5.16 Å². The van der Waals surface area contributed by atoms with Crippen LogP contribution in [0.15, 0.2) is 29.0 Å². The predicted octanol–water partition coefficient (Wildman–Crippen LogP) is 2.58. The fraction of sp³-hybridized carbons (Fsp3) is 0.231. The van der Waals surface area contributed by atoms with Crippen molar-refractivity contribution in [3.63, 3.8) is 0 Å². The Hall–Kier alpha value is -2.91. The average molecular weight is 326 g/mol. The Morgan fingerprint density at radius 3 is 2.83 bits per heavy atom. The lowest BCUT2D eigenvalue weighted by atomic mass is 10.2. The second-order valence-electron chi connectivity index (χ2n) is 4.45. The molecule has 0 aliphatic carbocycles. The van der Waals surface area contributed by atoms with E-state index in [1.54, 1.807) is 6.92 Å². The number of aromatic nitrogens is 4. The van der Waals surface area contributed by atoms with Crippen molar-refractivity contribution in [3.8, 4) is 11.4 Å². The Labute approximate surface area is 126 Å². The number of halogens is 3. The quantitative estimate of drug-likeness (QED) is 0.688. The molecule has 0 aliphatic rings. The smallest absolute Gasteiger partial charge is 0.461 e. The Morgan fingerprint density at radius 1 is 1.39 bits per heavy atom. The van der Waals surface area contributed by atoms with E-state index in [9.17, 15) is 18.0 Å². The highest BCUT2D eigenvalue weighted by molar-refractivity contribution is 5.88. The van der Waals surface area contributed by atoms with E-state index in [1.807, 2.05) is 0 Å². The minimum atomic E-state index is -4.71. The van der Waals surface area contributed by atoms with Crippen LogP contribution in [0.1, 0.15) is 23.3 Å². The monoisotopic (exact) mass is 326 g/mol. The average Bonchev–Trinajstić information content (AvgIpc) is 3.13. The maximum Gasteiger partial charge on any atom is 0.471 e. The second kappa shape index (κ2) is 5.38. The van der Waals surface area contributed by atoms with Crippen LogP contribution in [0, 0.1) is 0 Å². The SMILES string of the molecule is CCOC(=O)c1cn2ccc(-c3noc(C(F)(F)F)n3)cc2n1. The summed E-state index contributed by atoms with van der Waals surface area (Å²) in [6, 6.07) is 2.92. The van der Waals surface area contributed by atoms with E-state index >= 15 is 0 Å². The molecule has 23 heavy (non-hydrogen) atoms. The first-order valence-corrected chi connectivity index (χ1v) is 6.45. The Balaban J connectivity index is 1.97. The summed E-state index contributed by atoms with van der Waals surface area (Å²) >= 11 is 0. The largest absolute Gasteiger partial charge is 0.471 e. The maximum absolute atomic E-state index is 12.5. The minimum absolute atomic E-state index is 0.0908. The van der Waals surface area contributed by atoms with E-state index < -0.39 is 18.0 Å². The van der Waals surface area contributed by atoms with Gasteiger partial charge in [0, 0.05) is 18.0 Å². The van der Waals surface area contributed by atoms with Gasteiger partial charge in [-0.25, -0.2) is 9.78 Å². The molecular formula is C13H9F3N4O3. The molecule has 3 aromatic rings. The summed E-state index contributed by atoms with van der Waals surface area (Å²) in [6.07, 6.45) is -1.74. The molecule has 7 nitrogen and oxygen atoms in total. The van der Waals surface area contributed by atoms with Crippen LogP contribution in [-0.4, -0.2) is 32.1 Å². The van der Waals surface area contributed by atoms with Gasteiger partial charge in [-0.3, -0.25) is 0 Å². The van der Waals surface area contributed by atoms with E-state index in [4.69, 9.17) is 4.74 Å². The number of rotatable bonds is 3. The molecule has 3 rings (SSSR count). The highest BCUT2D eigenvalue weighted by Gasteiger charge is 2.38. The van der Waals surface area contributed by atoms with Crippen LogP contribution in [0.3, 0.4) is 0 Å². The number of hydrogen-bond acceptors (Lipinski definition) is 6. The fourth-order valence-electron chi connectivity index (χ4n) is 1.88. The van der Waals surface area contributed by atoms with E-state index in [0.717, 1.165) is 0 Å². The fourth-order valence-corrected chi connectivity index (χ4v) is 1.88. The molecule has 3 heterocycles. The van der Waals surface area contributed by atoms with Gasteiger partial charge in [0.1, 0.15) is 5.65 Å². The van der Waals surface area contributed by atoms with Gasteiger partial charge in [-0.05, 0) is 19.1 Å². The van der Waals surface area contributed by atoms with Crippen LogP contribution in [-0.2, 0) is 10.9 Å². The summed E-state index contributed by atoms with van der Waals surface area (Å²) in [5.74, 6) is -2.24. The first-order valence-electron chi connectivity index (χ1n) is 6.45. The summed E-state index contributed by atoms with van der Waals surface area (Å²) in [5, 5.41) is 3.30. The number of imidazole rings is 1. The van der Waals surface area contributed by atoms with Crippen molar-refractivity contribution >= 4 is 11.6 Å². The van der Waals surface area contributed by atoms with E-state index in [2.05, 4.69) is 19.6 Å². The van der Waals surface area contributed by atoms with Gasteiger partial charge in [0.25, 0.3) is 0 Å². The number of esters is 1. The van der Waals surface area contributed by atoms with Crippen LogP contribution in [0.4, 0.5) is 13.2 Å². The lowest BCUT2D eigenvalue weighted by Crippen LogP contribution is -2.04. The lowest BCUT2D eigenvalue weighted by Gasteiger charge is -1.97. The van der Waals surface area contributed by atoms with Gasteiger partial charge in [-0.15, -0.1) is 0 Å². The normalized spacial score (nSPS) is 11.8. The molecule has 3 aromatic heterocycles. The molecule has 0 unspecified atom stereocenters. The highest BCUT2D eigenvalue weighted by Crippen LogP contribution is 2.29. The Morgan fingerprint density at radius 2 is 2.17 bits per heavy atom. The number of nitrogens with zero attached hydrogens (tertiary/aromatic N) is 4. The van der Waals surface area contributed by atoms with Gasteiger partial charge < -0.3 is 13.7 Å². The van der Waals surface area contributed by atoms with Crippen LogP contribution in [0.5, 0.6) is 0 Å². The van der Waals surface area contributed by atoms with Crippen molar-refractivity contribution in [1.29, 1.82) is 0 Å². The van der Waals surface area contributed by atoms with Crippen LogP contribution < -0.4 is 0 Å². The number of carbonyl (C=O) groups excluding carboxylic acids is 1. The first kappa shape index (κ1) is 15.0. The van der Waals surface area contributed by atoms with E-state index in [1.165, 1.54) is 28.9 Å². The van der Waals surface area contributed by atoms with Crippen molar-refractivity contribution in [2.45, 2.75) is 13.1 Å². The van der Waals surface area contributed by atoms with Crippen molar-refractivity contribution < 1.29 is 27.2 Å². The molecule has 0 radical (unpaired) electrons. The predicted molar refractivity (Wildman–Crippen MR) is 69.4 cm³/mol. The van der Waals surface area contributed by atoms with E-state index in [0.29, 0.717) is 5.65 Å². The molecule has 0 saturated heterocycles. The molecule has 0 aliphatic heterocycles. The van der Waals surface area contributed by atoms with Gasteiger partial charge in [-0.2, -0.15) is 18.2 Å². The highest BCUT2D eigenvalue weighted by atomic mass is 19.4. The summed E-state index contributed by atoms with van der Waals surface area (Å²) in [6.45, 7) is 1.88. The Kier molecular flexibility index (Phi) is 3.51. The summed E-state index contributed by atoms with van der Waals surface area (Å²) in [4.78, 5) is 19.0. The van der Waals surface area contributed by atoms with Crippen molar-refractivity contribution in [1.82, 2.24) is 19.5 Å². The van der Waals surface area contributed by atoms with Crippen molar-refractivity contribution in [3.05, 3.63) is 36.1 Å². The maximum atomic E-state index is 12.5. The van der Waals surface area contributed by atoms with Crippen molar-refractivity contribution in [2.24, 2.45) is 0 Å². The van der Waals surface area contributed by atoms with Crippen LogP contribution in [0.2, 0.25) is 0 Å². The van der Waals surface area contributed by atoms with Crippen molar-refractivity contribution in [2.75, 3.05) is 6.61 Å². The third kappa shape index (κ3) is 2.87. The second-order valence-corrected chi connectivity index (χ2v) is 4.45. The van der Waals surface area contributed by atoms with E-state index in [-0.39, 0.29) is 23.7 Å². The first-order chi connectivity index (χ1) is 10.9. The van der Waals surface area contributed by atoms with Gasteiger partial charge in [0.15, 0.2) is 5.69 Å². The zero-order valence-corrected chi connectivity index (χ0v) is 11.7. The minimum Gasteiger partial charge on any atom is -0.461 e. The molecule has 0 aromatic carbocycles. The number of fused-ring (bicyclic) bond motifs is 1.